The molecule has 3 aliphatic rings. The number of hydrogen-bond acceptors (Lipinski definition) is 0. The van der Waals surface area contributed by atoms with Crippen LogP contribution in [0.5, 0.6) is 0 Å². The van der Waals surface area contributed by atoms with Crippen molar-refractivity contribution in [3.05, 3.63) is 23.3 Å². The molecule has 112 valence electrons. The van der Waals surface area contributed by atoms with E-state index in [4.69, 9.17) is 0 Å². The van der Waals surface area contributed by atoms with Gasteiger partial charge < -0.3 is 0 Å². The maximum Gasteiger partial charge on any atom is 0.000723 e. The summed E-state index contributed by atoms with van der Waals surface area (Å²) in [4.78, 5) is 0. The first-order valence-electron chi connectivity index (χ1n) is 8.81. The van der Waals surface area contributed by atoms with Gasteiger partial charge in [0.1, 0.15) is 0 Å². The molecule has 0 aromatic rings. The minimum Gasteiger partial charge on any atom is -0.0847 e. The zero-order valence-corrected chi connectivity index (χ0v) is 14.1. The lowest BCUT2D eigenvalue weighted by Crippen LogP contribution is -2.28. The summed E-state index contributed by atoms with van der Waals surface area (Å²) >= 11 is 0. The third kappa shape index (κ3) is 2.20. The van der Waals surface area contributed by atoms with Gasteiger partial charge in [-0.3, -0.25) is 0 Å². The van der Waals surface area contributed by atoms with E-state index in [1.165, 1.54) is 32.1 Å². The Labute approximate surface area is 125 Å². The minimum atomic E-state index is 0.471. The largest absolute Gasteiger partial charge is 0.0847 e. The summed E-state index contributed by atoms with van der Waals surface area (Å²) in [5, 5.41) is 0. The van der Waals surface area contributed by atoms with E-state index < -0.39 is 0 Å². The Bertz CT molecular complexity index is 439. The highest BCUT2D eigenvalue weighted by atomic mass is 14.5. The molecular formula is C20H32. The van der Waals surface area contributed by atoms with Gasteiger partial charge in [0.25, 0.3) is 0 Å². The molecule has 3 aliphatic carbocycles. The molecule has 0 amide bonds. The summed E-state index contributed by atoms with van der Waals surface area (Å²) in [5.74, 6) is 4.23. The number of allylic oxidation sites excluding steroid dienone is 4. The van der Waals surface area contributed by atoms with Crippen LogP contribution in [0.15, 0.2) is 23.3 Å². The molecule has 2 saturated carbocycles. The minimum absolute atomic E-state index is 0.471. The van der Waals surface area contributed by atoms with Crippen LogP contribution in [0, 0.1) is 35.0 Å². The molecule has 0 aliphatic heterocycles. The Morgan fingerprint density at radius 2 is 1.95 bits per heavy atom. The van der Waals surface area contributed by atoms with E-state index in [9.17, 15) is 0 Å². The van der Waals surface area contributed by atoms with Crippen LogP contribution in [0.2, 0.25) is 0 Å². The lowest BCUT2D eigenvalue weighted by molar-refractivity contribution is 0.210. The lowest BCUT2D eigenvalue weighted by atomic mass is 9.68. The number of rotatable bonds is 1. The molecule has 0 N–H and O–H groups in total. The third-order valence-electron chi connectivity index (χ3n) is 6.84. The van der Waals surface area contributed by atoms with Crippen LogP contribution < -0.4 is 0 Å². The van der Waals surface area contributed by atoms with Gasteiger partial charge in [-0.15, -0.1) is 0 Å². The fourth-order valence-electron chi connectivity index (χ4n) is 5.44. The van der Waals surface area contributed by atoms with Gasteiger partial charge in [0.05, 0.1) is 0 Å². The van der Waals surface area contributed by atoms with Crippen LogP contribution >= 0.6 is 0 Å². The average Bonchev–Trinajstić information content (AvgIpc) is 2.88. The normalized spacial score (nSPS) is 49.7. The van der Waals surface area contributed by atoms with E-state index in [1.54, 1.807) is 11.1 Å². The summed E-state index contributed by atoms with van der Waals surface area (Å²) < 4.78 is 0. The van der Waals surface area contributed by atoms with Crippen LogP contribution in [0.1, 0.15) is 66.7 Å². The second kappa shape index (κ2) is 5.04. The topological polar surface area (TPSA) is 0 Å². The van der Waals surface area contributed by atoms with Crippen molar-refractivity contribution in [2.24, 2.45) is 35.0 Å². The molecule has 0 nitrogen and oxygen atoms in total. The highest BCUT2D eigenvalue weighted by molar-refractivity contribution is 5.30. The molecule has 0 radical (unpaired) electrons. The maximum atomic E-state index is 2.76. The van der Waals surface area contributed by atoms with E-state index >= 15 is 0 Å². The molecule has 5 atom stereocenters. The summed E-state index contributed by atoms with van der Waals surface area (Å²) in [6, 6.07) is 0. The summed E-state index contributed by atoms with van der Waals surface area (Å²) in [6.45, 7) is 12.3. The zero-order valence-electron chi connectivity index (χ0n) is 14.1. The molecule has 0 bridgehead atoms. The van der Waals surface area contributed by atoms with Crippen molar-refractivity contribution in [1.29, 1.82) is 0 Å². The first-order chi connectivity index (χ1) is 9.42. The SMILES string of the molecule is C/C1=C/CC2[C@@H](C(C)C)CC[C@]2(C)/C=C2\C(C)CC[C@@H]12. The van der Waals surface area contributed by atoms with Crippen molar-refractivity contribution in [3.8, 4) is 0 Å². The molecular weight excluding hydrogens is 240 g/mol. The van der Waals surface area contributed by atoms with Crippen LogP contribution in [-0.4, -0.2) is 0 Å². The Balaban J connectivity index is 2.00. The third-order valence-corrected chi connectivity index (χ3v) is 6.84. The van der Waals surface area contributed by atoms with Crippen molar-refractivity contribution >= 4 is 0 Å². The average molecular weight is 272 g/mol. The second-order valence-corrected chi connectivity index (χ2v) is 8.42. The summed E-state index contributed by atoms with van der Waals surface area (Å²) in [7, 11) is 0. The van der Waals surface area contributed by atoms with Crippen molar-refractivity contribution in [2.75, 3.05) is 0 Å². The molecule has 0 aromatic heterocycles. The second-order valence-electron chi connectivity index (χ2n) is 8.42. The lowest BCUT2D eigenvalue weighted by Gasteiger charge is -2.36. The van der Waals surface area contributed by atoms with Crippen molar-refractivity contribution in [2.45, 2.75) is 66.7 Å². The summed E-state index contributed by atoms with van der Waals surface area (Å²) in [6.07, 6.45) is 12.3. The molecule has 0 aromatic carbocycles. The highest BCUT2D eigenvalue weighted by Crippen LogP contribution is 2.56. The zero-order chi connectivity index (χ0) is 14.5. The molecule has 2 unspecified atom stereocenters. The van der Waals surface area contributed by atoms with Gasteiger partial charge in [-0.1, -0.05) is 51.0 Å². The highest BCUT2D eigenvalue weighted by Gasteiger charge is 2.46. The molecule has 0 saturated heterocycles. The van der Waals surface area contributed by atoms with Gasteiger partial charge in [-0.25, -0.2) is 0 Å². The maximum absolute atomic E-state index is 2.76. The summed E-state index contributed by atoms with van der Waals surface area (Å²) in [5.41, 5.74) is 3.92. The van der Waals surface area contributed by atoms with Gasteiger partial charge in [0.15, 0.2) is 0 Å². The number of hydrogen-bond donors (Lipinski definition) is 0. The molecule has 0 heteroatoms. The van der Waals surface area contributed by atoms with Crippen LogP contribution in [0.25, 0.3) is 0 Å². The van der Waals surface area contributed by atoms with Crippen molar-refractivity contribution in [1.82, 2.24) is 0 Å². The van der Waals surface area contributed by atoms with Gasteiger partial charge in [-0.2, -0.15) is 0 Å². The van der Waals surface area contributed by atoms with Gasteiger partial charge in [0.2, 0.25) is 0 Å². The Hall–Kier alpha value is -0.520. The van der Waals surface area contributed by atoms with E-state index in [-0.39, 0.29) is 0 Å². The molecule has 0 heterocycles. The fourth-order valence-corrected chi connectivity index (χ4v) is 5.44. The number of fused-ring (bicyclic) bond motifs is 2. The van der Waals surface area contributed by atoms with Gasteiger partial charge in [0, 0.05) is 5.92 Å². The standard InChI is InChI=1S/C20H32/c1-13(2)16-10-11-20(5)12-18-15(4)6-8-17(18)14(3)7-9-19(16)20/h7,12-13,15-17,19H,6,8-11H2,1-5H3/b14-7-,18-12+/t15?,16-,17+,19?,20-/m1/s1. The predicted molar refractivity (Wildman–Crippen MR) is 87.5 cm³/mol. The quantitative estimate of drug-likeness (QED) is 0.514. The van der Waals surface area contributed by atoms with E-state index in [0.717, 1.165) is 29.6 Å². The Morgan fingerprint density at radius 1 is 1.20 bits per heavy atom. The van der Waals surface area contributed by atoms with E-state index in [1.807, 2.05) is 0 Å². The van der Waals surface area contributed by atoms with E-state index in [0.29, 0.717) is 5.41 Å². The first-order valence-corrected chi connectivity index (χ1v) is 8.81. The predicted octanol–water partition coefficient (Wildman–Crippen LogP) is 6.00. The van der Waals surface area contributed by atoms with Crippen LogP contribution in [0.4, 0.5) is 0 Å². The fraction of sp³-hybridized carbons (Fsp3) is 0.800. The Morgan fingerprint density at radius 3 is 2.65 bits per heavy atom. The Kier molecular flexibility index (Phi) is 3.63. The van der Waals surface area contributed by atoms with Crippen LogP contribution in [-0.2, 0) is 0 Å². The molecule has 3 rings (SSSR count). The van der Waals surface area contributed by atoms with Crippen molar-refractivity contribution < 1.29 is 0 Å². The van der Waals surface area contributed by atoms with Gasteiger partial charge >= 0.3 is 0 Å². The first kappa shape index (κ1) is 14.4. The van der Waals surface area contributed by atoms with E-state index in [2.05, 4.69) is 46.8 Å². The molecule has 2 fully saturated rings. The van der Waals surface area contributed by atoms with Crippen LogP contribution in [0.3, 0.4) is 0 Å². The van der Waals surface area contributed by atoms with Crippen molar-refractivity contribution in [3.63, 3.8) is 0 Å². The monoisotopic (exact) mass is 272 g/mol. The smallest absolute Gasteiger partial charge is 0.000723 e. The van der Waals surface area contributed by atoms with Gasteiger partial charge in [-0.05, 0) is 68.1 Å². The molecule has 20 heavy (non-hydrogen) atoms. The molecule has 0 spiro atoms.